The van der Waals surface area contributed by atoms with Crippen molar-refractivity contribution in [1.29, 1.82) is 0 Å². The molecule has 0 saturated carbocycles. The van der Waals surface area contributed by atoms with Crippen LogP contribution in [0.3, 0.4) is 0 Å². The van der Waals surface area contributed by atoms with Crippen molar-refractivity contribution in [3.8, 4) is 11.1 Å². The Kier molecular flexibility index (Phi) is 5.28. The van der Waals surface area contributed by atoms with Gasteiger partial charge in [-0.2, -0.15) is 13.2 Å². The Morgan fingerprint density at radius 1 is 0.967 bits per heavy atom. The Morgan fingerprint density at radius 2 is 1.53 bits per heavy atom. The van der Waals surface area contributed by atoms with Gasteiger partial charge in [0, 0.05) is 16.1 Å². The number of halogens is 5. The Balaban J connectivity index is 2.41. The largest absolute Gasteiger partial charge is 0.508 e. The van der Waals surface area contributed by atoms with E-state index < -0.39 is 51.4 Å². The van der Waals surface area contributed by atoms with E-state index in [0.717, 1.165) is 6.07 Å². The second-order valence-corrected chi connectivity index (χ2v) is 8.47. The molecule has 0 fully saturated rings. The summed E-state index contributed by atoms with van der Waals surface area (Å²) in [5.74, 6) is -2.97. The number of hydrogen-bond acceptors (Lipinski definition) is 3. The minimum absolute atomic E-state index is 0.162. The number of benzene rings is 2. The fourth-order valence-corrected chi connectivity index (χ4v) is 3.71. The average molecular weight is 443 g/mol. The first-order valence-corrected chi connectivity index (χ1v) is 9.39. The summed E-state index contributed by atoms with van der Waals surface area (Å²) in [5.41, 5.74) is -6.07. The van der Waals surface area contributed by atoms with E-state index in [-0.39, 0.29) is 11.1 Å². The number of ether oxygens (including phenoxy) is 1. The highest BCUT2D eigenvalue weighted by Crippen LogP contribution is 2.46. The predicted octanol–water partition coefficient (Wildman–Crippen LogP) is 6.59. The summed E-state index contributed by atoms with van der Waals surface area (Å²) in [6.07, 6.45) is -4.96. The van der Waals surface area contributed by atoms with E-state index in [1.807, 2.05) is 0 Å². The van der Waals surface area contributed by atoms with E-state index in [0.29, 0.717) is 11.1 Å². The quantitative estimate of drug-likeness (QED) is 0.533. The second kappa shape index (κ2) is 7.10. The molecule has 0 spiro atoms. The van der Waals surface area contributed by atoms with Crippen LogP contribution in [0.15, 0.2) is 42.2 Å². The van der Waals surface area contributed by atoms with Crippen LogP contribution in [-0.2, 0) is 15.7 Å². The number of carbonyl (C=O) groups excluding carboxylic acids is 1. The summed E-state index contributed by atoms with van der Waals surface area (Å²) in [5, 5.41) is 11.0. The molecule has 1 aliphatic rings. The third-order valence-electron chi connectivity index (χ3n) is 4.94. The monoisotopic (exact) mass is 442 g/mol. The van der Waals surface area contributed by atoms with Crippen molar-refractivity contribution in [2.24, 2.45) is 0 Å². The summed E-state index contributed by atoms with van der Waals surface area (Å²) in [7, 11) is 0. The first-order valence-electron chi connectivity index (χ1n) is 9.01. The van der Waals surface area contributed by atoms with E-state index in [1.54, 1.807) is 0 Å². The maximum Gasteiger partial charge on any atom is 0.417 e. The van der Waals surface area contributed by atoms with Crippen molar-refractivity contribution in [2.45, 2.75) is 45.1 Å². The fourth-order valence-electron chi connectivity index (χ4n) is 3.58. The van der Waals surface area contributed by atoms with Gasteiger partial charge in [-0.3, -0.25) is 4.79 Å². The Morgan fingerprint density at radius 3 is 2.07 bits per heavy atom. The molecule has 0 aromatic heterocycles. The summed E-state index contributed by atoms with van der Waals surface area (Å²) in [6, 6.07) is 7.53. The number of Topliss-reactive ketones (excluding diaryl/α,β-unsaturated/α-hetero) is 1. The molecular weight excluding hydrogens is 424 g/mol. The first-order chi connectivity index (χ1) is 13.7. The Bertz CT molecular complexity index is 1050. The number of carbonyl (C=O) groups is 1. The highest BCUT2D eigenvalue weighted by molar-refractivity contribution is 6.30. The summed E-state index contributed by atoms with van der Waals surface area (Å²) in [4.78, 5) is 13.0. The standard InChI is InChI=1S/C22H19ClF4O3/c1-20(2)18(28)16(19(29)21(3,4)30-20)15-14(22(25,26)27)10-9-13(17(15)24)11-5-7-12(23)8-6-11/h5-10,28H,1-4H3. The molecule has 1 aliphatic heterocycles. The average Bonchev–Trinajstić information content (AvgIpc) is 2.61. The lowest BCUT2D eigenvalue weighted by Gasteiger charge is -2.41. The van der Waals surface area contributed by atoms with Crippen molar-refractivity contribution in [3.63, 3.8) is 0 Å². The minimum atomic E-state index is -4.96. The molecular formula is C22H19ClF4O3. The maximum absolute atomic E-state index is 15.6. The summed E-state index contributed by atoms with van der Waals surface area (Å²) >= 11 is 5.84. The van der Waals surface area contributed by atoms with Crippen LogP contribution in [0.2, 0.25) is 5.02 Å². The van der Waals surface area contributed by atoms with Crippen LogP contribution in [0.1, 0.15) is 38.8 Å². The number of hydrogen-bond donors (Lipinski definition) is 1. The van der Waals surface area contributed by atoms with Crippen molar-refractivity contribution >= 4 is 23.0 Å². The van der Waals surface area contributed by atoms with E-state index in [4.69, 9.17) is 16.3 Å². The van der Waals surface area contributed by atoms with Gasteiger partial charge in [-0.05, 0) is 51.5 Å². The van der Waals surface area contributed by atoms with Crippen LogP contribution in [0.5, 0.6) is 0 Å². The third kappa shape index (κ3) is 3.72. The number of ketones is 1. The summed E-state index contributed by atoms with van der Waals surface area (Å²) < 4.78 is 62.5. The van der Waals surface area contributed by atoms with Gasteiger partial charge in [-0.25, -0.2) is 4.39 Å². The lowest BCUT2D eigenvalue weighted by atomic mass is 9.80. The third-order valence-corrected chi connectivity index (χ3v) is 5.20. The molecule has 0 bridgehead atoms. The smallest absolute Gasteiger partial charge is 0.417 e. The zero-order valence-electron chi connectivity index (χ0n) is 16.6. The van der Waals surface area contributed by atoms with Crippen molar-refractivity contribution < 1.29 is 32.2 Å². The Labute approximate surface area is 175 Å². The second-order valence-electron chi connectivity index (χ2n) is 8.03. The zero-order valence-corrected chi connectivity index (χ0v) is 17.4. The SMILES string of the molecule is CC1(C)OC(C)(C)C(O)=C(c2c(C(F)(F)F)ccc(-c3ccc(Cl)cc3)c2F)C1=O. The number of aliphatic hydroxyl groups is 1. The molecule has 3 rings (SSSR count). The fraction of sp³-hybridized carbons (Fsp3) is 0.318. The Hall–Kier alpha value is -2.38. The highest BCUT2D eigenvalue weighted by Gasteiger charge is 2.50. The van der Waals surface area contributed by atoms with Gasteiger partial charge in [0.05, 0.1) is 11.1 Å². The minimum Gasteiger partial charge on any atom is -0.508 e. The van der Waals surface area contributed by atoms with Gasteiger partial charge in [0.2, 0.25) is 0 Å². The van der Waals surface area contributed by atoms with Gasteiger partial charge < -0.3 is 9.84 Å². The van der Waals surface area contributed by atoms with E-state index in [1.165, 1.54) is 52.0 Å². The highest BCUT2D eigenvalue weighted by atomic mass is 35.5. The van der Waals surface area contributed by atoms with Crippen molar-refractivity contribution in [2.75, 3.05) is 0 Å². The van der Waals surface area contributed by atoms with Crippen LogP contribution in [0.4, 0.5) is 17.6 Å². The van der Waals surface area contributed by atoms with Crippen LogP contribution in [0.25, 0.3) is 16.7 Å². The predicted molar refractivity (Wildman–Crippen MR) is 106 cm³/mol. The normalized spacial score (nSPS) is 18.6. The van der Waals surface area contributed by atoms with Gasteiger partial charge in [-0.1, -0.05) is 29.8 Å². The van der Waals surface area contributed by atoms with Gasteiger partial charge in [0.1, 0.15) is 22.8 Å². The molecule has 0 amide bonds. The van der Waals surface area contributed by atoms with Crippen LogP contribution in [0, 0.1) is 5.82 Å². The molecule has 1 N–H and O–H groups in total. The molecule has 0 radical (unpaired) electrons. The lowest BCUT2D eigenvalue weighted by Crippen LogP contribution is -2.49. The first kappa shape index (κ1) is 22.3. The summed E-state index contributed by atoms with van der Waals surface area (Å²) in [6.45, 7) is 5.50. The molecule has 0 unspecified atom stereocenters. The van der Waals surface area contributed by atoms with E-state index in [9.17, 15) is 23.1 Å². The molecule has 3 nitrogen and oxygen atoms in total. The molecule has 160 valence electrons. The molecule has 0 atom stereocenters. The molecule has 2 aromatic rings. The van der Waals surface area contributed by atoms with Crippen LogP contribution in [-0.4, -0.2) is 22.1 Å². The molecule has 2 aromatic carbocycles. The lowest BCUT2D eigenvalue weighted by molar-refractivity contribution is -0.158. The molecule has 0 saturated heterocycles. The van der Waals surface area contributed by atoms with E-state index in [2.05, 4.69) is 0 Å². The zero-order chi connectivity index (χ0) is 22.6. The molecule has 1 heterocycles. The van der Waals surface area contributed by atoms with Gasteiger partial charge >= 0.3 is 6.18 Å². The number of aliphatic hydroxyl groups excluding tert-OH is 1. The van der Waals surface area contributed by atoms with Crippen molar-refractivity contribution in [1.82, 2.24) is 0 Å². The van der Waals surface area contributed by atoms with Gasteiger partial charge in [0.25, 0.3) is 0 Å². The number of alkyl halides is 3. The topological polar surface area (TPSA) is 46.5 Å². The number of rotatable bonds is 2. The molecule has 30 heavy (non-hydrogen) atoms. The molecule has 0 aliphatic carbocycles. The van der Waals surface area contributed by atoms with Crippen LogP contribution >= 0.6 is 11.6 Å². The van der Waals surface area contributed by atoms with Crippen molar-refractivity contribution in [3.05, 3.63) is 64.1 Å². The van der Waals surface area contributed by atoms with E-state index >= 15 is 4.39 Å². The van der Waals surface area contributed by atoms with Gasteiger partial charge in [-0.15, -0.1) is 0 Å². The maximum atomic E-state index is 15.6. The van der Waals surface area contributed by atoms with Crippen LogP contribution < -0.4 is 0 Å². The molecule has 8 heteroatoms. The van der Waals surface area contributed by atoms with Gasteiger partial charge in [0.15, 0.2) is 5.78 Å².